The molecule has 0 aromatic heterocycles. The van der Waals surface area contributed by atoms with E-state index in [1.54, 1.807) is 9.12 Å². The molecule has 0 heterocycles. The summed E-state index contributed by atoms with van der Waals surface area (Å²) >= 11 is 5.69. The van der Waals surface area contributed by atoms with Crippen molar-refractivity contribution >= 4 is 52.2 Å². The number of rotatable bonds is 7. The zero-order valence-corrected chi connectivity index (χ0v) is 14.6. The van der Waals surface area contributed by atoms with Gasteiger partial charge >= 0.3 is 5.97 Å². The Kier molecular flexibility index (Phi) is 8.28. The summed E-state index contributed by atoms with van der Waals surface area (Å²) in [6, 6.07) is 8.18. The number of benzene rings is 1. The van der Waals surface area contributed by atoms with E-state index in [2.05, 4.69) is 53.6 Å². The molecule has 1 rings (SSSR count). The highest BCUT2D eigenvalue weighted by Crippen LogP contribution is 2.23. The number of nitrogens with zero attached hydrogens (tertiary/aromatic N) is 1. The summed E-state index contributed by atoms with van der Waals surface area (Å²) < 4.78 is 8.13. The van der Waals surface area contributed by atoms with Gasteiger partial charge in [-0.2, -0.15) is 0 Å². The van der Waals surface area contributed by atoms with Crippen molar-refractivity contribution < 1.29 is 9.53 Å². The van der Waals surface area contributed by atoms with Gasteiger partial charge < -0.3 is 4.74 Å². The molecule has 6 heteroatoms. The molecule has 0 saturated carbocycles. The average Bonchev–Trinajstić information content (AvgIpc) is 2.35. The molecule has 18 heavy (non-hydrogen) atoms. The van der Waals surface area contributed by atoms with Crippen LogP contribution in [0, 0.1) is 0 Å². The van der Waals surface area contributed by atoms with E-state index in [-0.39, 0.29) is 5.97 Å². The lowest BCUT2D eigenvalue weighted by Crippen LogP contribution is -2.19. The third-order valence-electron chi connectivity index (χ3n) is 2.22. The SMILES string of the molecule is CCOC(=O)CCN(Cc1cccc(Br)c1)SI. The summed E-state index contributed by atoms with van der Waals surface area (Å²) in [6.07, 6.45) is 0.428. The molecule has 0 unspecified atom stereocenters. The quantitative estimate of drug-likeness (QED) is 0.358. The predicted octanol–water partition coefficient (Wildman–Crippen LogP) is 4.20. The zero-order valence-electron chi connectivity index (χ0n) is 10.1. The highest BCUT2D eigenvalue weighted by Gasteiger charge is 2.09. The number of esters is 1. The number of carbonyl (C=O) groups is 1. The maximum atomic E-state index is 11.3. The van der Waals surface area contributed by atoms with Gasteiger partial charge in [0.1, 0.15) is 0 Å². The molecule has 0 aliphatic carbocycles. The lowest BCUT2D eigenvalue weighted by Gasteiger charge is -2.17. The van der Waals surface area contributed by atoms with Crippen molar-refractivity contribution in [2.45, 2.75) is 19.9 Å². The summed E-state index contributed by atoms with van der Waals surface area (Å²) in [5, 5.41) is 0. The van der Waals surface area contributed by atoms with Crippen molar-refractivity contribution in [3.63, 3.8) is 0 Å². The Hall–Kier alpha value is 0.210. The van der Waals surface area contributed by atoms with E-state index in [9.17, 15) is 4.79 Å². The topological polar surface area (TPSA) is 29.5 Å². The van der Waals surface area contributed by atoms with Crippen LogP contribution in [-0.4, -0.2) is 23.4 Å². The molecule has 3 nitrogen and oxygen atoms in total. The Bertz CT molecular complexity index is 392. The Balaban J connectivity index is 2.44. The smallest absolute Gasteiger partial charge is 0.307 e. The minimum absolute atomic E-state index is 0.137. The first-order chi connectivity index (χ1) is 8.65. The monoisotopic (exact) mass is 443 g/mol. The molecule has 0 saturated heterocycles. The van der Waals surface area contributed by atoms with E-state index in [0.29, 0.717) is 19.6 Å². The Morgan fingerprint density at radius 3 is 2.94 bits per heavy atom. The summed E-state index contributed by atoms with van der Waals surface area (Å²) in [5.74, 6) is -0.137. The average molecular weight is 444 g/mol. The van der Waals surface area contributed by atoms with Crippen LogP contribution in [0.3, 0.4) is 0 Å². The van der Waals surface area contributed by atoms with Gasteiger partial charge in [-0.15, -0.1) is 0 Å². The maximum absolute atomic E-state index is 11.3. The first-order valence-corrected chi connectivity index (χ1v) is 9.70. The van der Waals surface area contributed by atoms with Gasteiger partial charge in [0.2, 0.25) is 0 Å². The highest BCUT2D eigenvalue weighted by atomic mass is 127. The van der Waals surface area contributed by atoms with E-state index in [1.807, 2.05) is 19.1 Å². The Morgan fingerprint density at radius 2 is 2.33 bits per heavy atom. The molecule has 0 N–H and O–H groups in total. The van der Waals surface area contributed by atoms with Crippen LogP contribution in [-0.2, 0) is 16.1 Å². The van der Waals surface area contributed by atoms with Crippen molar-refractivity contribution in [3.8, 4) is 0 Å². The Labute approximate surface area is 132 Å². The maximum Gasteiger partial charge on any atom is 0.307 e. The number of hydrogen-bond donors (Lipinski definition) is 0. The summed E-state index contributed by atoms with van der Waals surface area (Å²) in [5.41, 5.74) is 1.22. The lowest BCUT2D eigenvalue weighted by molar-refractivity contribution is -0.143. The molecule has 0 aliphatic rings. The van der Waals surface area contributed by atoms with E-state index in [1.165, 1.54) is 5.56 Å². The van der Waals surface area contributed by atoms with Gasteiger partial charge in [0.15, 0.2) is 0 Å². The molecule has 0 amide bonds. The second kappa shape index (κ2) is 9.17. The van der Waals surface area contributed by atoms with Crippen LogP contribution < -0.4 is 0 Å². The molecular weight excluding hydrogens is 429 g/mol. The van der Waals surface area contributed by atoms with E-state index in [0.717, 1.165) is 11.0 Å². The van der Waals surface area contributed by atoms with Gasteiger partial charge in [0, 0.05) is 38.8 Å². The first kappa shape index (κ1) is 16.3. The molecule has 100 valence electrons. The predicted molar refractivity (Wildman–Crippen MR) is 87.4 cm³/mol. The molecule has 1 aromatic carbocycles. The third-order valence-corrected chi connectivity index (χ3v) is 4.89. The molecule has 0 aliphatic heterocycles. The fraction of sp³-hybridized carbons (Fsp3) is 0.417. The van der Waals surface area contributed by atoms with Crippen LogP contribution in [0.15, 0.2) is 28.7 Å². The first-order valence-electron chi connectivity index (χ1n) is 5.59. The van der Waals surface area contributed by atoms with E-state index in [4.69, 9.17) is 4.74 Å². The van der Waals surface area contributed by atoms with Gasteiger partial charge in [-0.1, -0.05) is 28.1 Å². The third kappa shape index (κ3) is 6.40. The minimum Gasteiger partial charge on any atom is -0.466 e. The van der Waals surface area contributed by atoms with Crippen molar-refractivity contribution in [1.82, 2.24) is 4.31 Å². The molecule has 0 spiro atoms. The summed E-state index contributed by atoms with van der Waals surface area (Å²) in [4.78, 5) is 11.3. The van der Waals surface area contributed by atoms with E-state index < -0.39 is 0 Å². The van der Waals surface area contributed by atoms with Crippen LogP contribution in [0.1, 0.15) is 18.9 Å². The van der Waals surface area contributed by atoms with Gasteiger partial charge in [0.05, 0.1) is 13.0 Å². The molecule has 1 aromatic rings. The summed E-state index contributed by atoms with van der Waals surface area (Å²) in [7, 11) is 1.61. The zero-order chi connectivity index (χ0) is 13.4. The number of ether oxygens (including phenoxy) is 1. The summed E-state index contributed by atoms with van der Waals surface area (Å²) in [6.45, 7) is 3.78. The fourth-order valence-corrected chi connectivity index (χ4v) is 3.24. The van der Waals surface area contributed by atoms with Crippen molar-refractivity contribution in [1.29, 1.82) is 0 Å². The minimum atomic E-state index is -0.137. The van der Waals surface area contributed by atoms with Gasteiger partial charge in [-0.05, 0) is 33.7 Å². The largest absolute Gasteiger partial charge is 0.466 e. The van der Waals surface area contributed by atoms with Crippen LogP contribution in [0.5, 0.6) is 0 Å². The number of halogens is 2. The molecule has 0 radical (unpaired) electrons. The van der Waals surface area contributed by atoms with Crippen molar-refractivity contribution in [2.24, 2.45) is 0 Å². The fourth-order valence-electron chi connectivity index (χ4n) is 1.43. The highest BCUT2D eigenvalue weighted by molar-refractivity contribution is 14.2. The Morgan fingerprint density at radius 1 is 1.56 bits per heavy atom. The normalized spacial score (nSPS) is 10.7. The molecule has 0 fully saturated rings. The van der Waals surface area contributed by atoms with Crippen molar-refractivity contribution in [2.75, 3.05) is 13.2 Å². The van der Waals surface area contributed by atoms with Crippen LogP contribution in [0.25, 0.3) is 0 Å². The second-order valence-electron chi connectivity index (χ2n) is 3.62. The van der Waals surface area contributed by atoms with Gasteiger partial charge in [-0.3, -0.25) is 4.79 Å². The van der Waals surface area contributed by atoms with Gasteiger partial charge in [-0.25, -0.2) is 4.31 Å². The van der Waals surface area contributed by atoms with Crippen LogP contribution in [0.2, 0.25) is 0 Å². The number of hydrogen-bond acceptors (Lipinski definition) is 4. The van der Waals surface area contributed by atoms with Gasteiger partial charge in [0.25, 0.3) is 0 Å². The molecule has 0 atom stereocenters. The second-order valence-corrected chi connectivity index (χ2v) is 6.37. The number of carbonyl (C=O) groups excluding carboxylic acids is 1. The van der Waals surface area contributed by atoms with Crippen LogP contribution in [0.4, 0.5) is 0 Å². The van der Waals surface area contributed by atoms with Crippen LogP contribution >= 0.6 is 46.3 Å². The molecule has 0 bridgehead atoms. The molecular formula is C12H15BrINO2S. The lowest BCUT2D eigenvalue weighted by atomic mass is 10.2. The van der Waals surface area contributed by atoms with Crippen molar-refractivity contribution in [3.05, 3.63) is 34.3 Å². The van der Waals surface area contributed by atoms with E-state index >= 15 is 0 Å². The standard InChI is InChI=1S/C12H15BrINO2S/c1-2-17-12(16)6-7-15(18-14)9-10-4-3-5-11(13)8-10/h3-5,8H,2,6-7,9H2,1H3.